The highest BCUT2D eigenvalue weighted by molar-refractivity contribution is 5.78. The zero-order chi connectivity index (χ0) is 15.2. The van der Waals surface area contributed by atoms with E-state index in [2.05, 4.69) is 5.32 Å². The number of benzene rings is 2. The summed E-state index contributed by atoms with van der Waals surface area (Å²) in [5, 5.41) is 12.6. The zero-order valence-electron chi connectivity index (χ0n) is 11.8. The molecule has 0 saturated carbocycles. The van der Waals surface area contributed by atoms with E-state index in [4.69, 9.17) is 0 Å². The Morgan fingerprint density at radius 2 is 1.76 bits per heavy atom. The fraction of sp³-hybridized carbons (Fsp3) is 0.235. The molecule has 2 aromatic carbocycles. The summed E-state index contributed by atoms with van der Waals surface area (Å²) < 4.78 is 12.8. The summed E-state index contributed by atoms with van der Waals surface area (Å²) in [4.78, 5) is 11.8. The maximum absolute atomic E-state index is 12.8. The number of nitrogens with one attached hydrogen (secondary N) is 1. The van der Waals surface area contributed by atoms with Crippen molar-refractivity contribution in [3.05, 3.63) is 71.0 Å². The van der Waals surface area contributed by atoms with Crippen molar-refractivity contribution in [1.82, 2.24) is 5.32 Å². The first-order valence-electron chi connectivity index (χ1n) is 6.80. The van der Waals surface area contributed by atoms with Crippen LogP contribution in [0, 0.1) is 12.7 Å². The Morgan fingerprint density at radius 1 is 1.14 bits per heavy atom. The summed E-state index contributed by atoms with van der Waals surface area (Å²) in [5.74, 6) is -0.505. The fourth-order valence-electron chi connectivity index (χ4n) is 1.97. The number of carbonyl (C=O) groups is 1. The van der Waals surface area contributed by atoms with Crippen LogP contribution in [0.5, 0.6) is 0 Å². The third-order valence-electron chi connectivity index (χ3n) is 3.23. The van der Waals surface area contributed by atoms with Gasteiger partial charge in [-0.25, -0.2) is 4.39 Å². The molecule has 2 rings (SSSR count). The summed E-state index contributed by atoms with van der Waals surface area (Å²) in [5.41, 5.74) is 2.65. The van der Waals surface area contributed by atoms with Crippen molar-refractivity contribution in [2.45, 2.75) is 19.4 Å². The van der Waals surface area contributed by atoms with Crippen LogP contribution < -0.4 is 5.32 Å². The molecular formula is C17H18FNO2. The maximum Gasteiger partial charge on any atom is 0.224 e. The van der Waals surface area contributed by atoms with Crippen molar-refractivity contribution in [3.8, 4) is 0 Å². The van der Waals surface area contributed by atoms with Crippen LogP contribution in [0.2, 0.25) is 0 Å². The molecule has 0 aliphatic heterocycles. The molecule has 110 valence electrons. The van der Waals surface area contributed by atoms with Crippen molar-refractivity contribution < 1.29 is 14.3 Å². The molecule has 0 saturated heterocycles. The van der Waals surface area contributed by atoms with Gasteiger partial charge in [0, 0.05) is 6.54 Å². The highest BCUT2D eigenvalue weighted by Crippen LogP contribution is 2.12. The average molecular weight is 287 g/mol. The molecule has 1 amide bonds. The predicted molar refractivity (Wildman–Crippen MR) is 79.3 cm³/mol. The van der Waals surface area contributed by atoms with E-state index in [1.165, 1.54) is 24.3 Å². The van der Waals surface area contributed by atoms with E-state index in [0.717, 1.165) is 11.1 Å². The van der Waals surface area contributed by atoms with Crippen molar-refractivity contribution >= 4 is 5.91 Å². The normalized spacial score (nSPS) is 12.0. The van der Waals surface area contributed by atoms with Gasteiger partial charge in [-0.1, -0.05) is 42.0 Å². The second-order valence-corrected chi connectivity index (χ2v) is 5.03. The molecule has 0 bridgehead atoms. The van der Waals surface area contributed by atoms with Gasteiger partial charge >= 0.3 is 0 Å². The quantitative estimate of drug-likeness (QED) is 0.888. The molecule has 0 aromatic heterocycles. The smallest absolute Gasteiger partial charge is 0.224 e. The Hall–Kier alpha value is -2.20. The van der Waals surface area contributed by atoms with E-state index < -0.39 is 6.10 Å². The average Bonchev–Trinajstić information content (AvgIpc) is 2.48. The minimum atomic E-state index is -0.840. The molecule has 2 N–H and O–H groups in total. The van der Waals surface area contributed by atoms with Gasteiger partial charge in [-0.15, -0.1) is 0 Å². The number of aryl methyl sites for hydroxylation is 1. The molecule has 0 fully saturated rings. The van der Waals surface area contributed by atoms with Crippen LogP contribution in [0.25, 0.3) is 0 Å². The molecule has 4 heteroatoms. The van der Waals surface area contributed by atoms with Gasteiger partial charge in [0.15, 0.2) is 0 Å². The summed E-state index contributed by atoms with van der Waals surface area (Å²) in [6.45, 7) is 2.10. The molecule has 0 aliphatic rings. The number of hydrogen-bond acceptors (Lipinski definition) is 2. The molecule has 1 atom stereocenters. The van der Waals surface area contributed by atoms with Crippen LogP contribution in [0.1, 0.15) is 22.8 Å². The number of amides is 1. The fourth-order valence-corrected chi connectivity index (χ4v) is 1.97. The third-order valence-corrected chi connectivity index (χ3v) is 3.23. The van der Waals surface area contributed by atoms with Gasteiger partial charge in [0.1, 0.15) is 5.82 Å². The first-order chi connectivity index (χ1) is 10.0. The van der Waals surface area contributed by atoms with Gasteiger partial charge in [-0.05, 0) is 30.2 Å². The molecule has 1 unspecified atom stereocenters. The lowest BCUT2D eigenvalue weighted by molar-refractivity contribution is -0.120. The zero-order valence-corrected chi connectivity index (χ0v) is 11.8. The number of carbonyl (C=O) groups excluding carboxylic acids is 1. The van der Waals surface area contributed by atoms with Gasteiger partial charge < -0.3 is 10.4 Å². The van der Waals surface area contributed by atoms with Gasteiger partial charge in [-0.3, -0.25) is 4.79 Å². The summed E-state index contributed by atoms with van der Waals surface area (Å²) in [7, 11) is 0. The van der Waals surface area contributed by atoms with Crippen molar-refractivity contribution in [2.24, 2.45) is 0 Å². The predicted octanol–water partition coefficient (Wildman–Crippen LogP) is 2.53. The molecule has 0 heterocycles. The van der Waals surface area contributed by atoms with Crippen molar-refractivity contribution in [2.75, 3.05) is 6.54 Å². The monoisotopic (exact) mass is 287 g/mol. The topological polar surface area (TPSA) is 49.3 Å². The van der Waals surface area contributed by atoms with Gasteiger partial charge in [-0.2, -0.15) is 0 Å². The molecular weight excluding hydrogens is 269 g/mol. The minimum Gasteiger partial charge on any atom is -0.387 e. The van der Waals surface area contributed by atoms with Crippen LogP contribution in [0.4, 0.5) is 4.39 Å². The van der Waals surface area contributed by atoms with Gasteiger partial charge in [0.05, 0.1) is 12.5 Å². The Labute approximate surface area is 123 Å². The van der Waals surface area contributed by atoms with E-state index in [0.29, 0.717) is 5.56 Å². The molecule has 3 nitrogen and oxygen atoms in total. The molecule has 2 aromatic rings. The van der Waals surface area contributed by atoms with Crippen LogP contribution in [-0.2, 0) is 11.2 Å². The molecule has 0 radical (unpaired) electrons. The van der Waals surface area contributed by atoms with Gasteiger partial charge in [0.2, 0.25) is 5.91 Å². The van der Waals surface area contributed by atoms with E-state index in [1.54, 1.807) is 0 Å². The molecule has 21 heavy (non-hydrogen) atoms. The Balaban J connectivity index is 1.83. The Kier molecular flexibility index (Phi) is 5.06. The van der Waals surface area contributed by atoms with Crippen molar-refractivity contribution in [1.29, 1.82) is 0 Å². The van der Waals surface area contributed by atoms with Crippen molar-refractivity contribution in [3.63, 3.8) is 0 Å². The Bertz CT molecular complexity index is 593. The second-order valence-electron chi connectivity index (χ2n) is 5.03. The van der Waals surface area contributed by atoms with E-state index in [-0.39, 0.29) is 24.7 Å². The van der Waals surface area contributed by atoms with Crippen LogP contribution >= 0.6 is 0 Å². The number of hydrogen-bond donors (Lipinski definition) is 2. The first-order valence-corrected chi connectivity index (χ1v) is 6.80. The number of rotatable bonds is 5. The lowest BCUT2D eigenvalue weighted by atomic mass is 10.1. The highest BCUT2D eigenvalue weighted by atomic mass is 19.1. The van der Waals surface area contributed by atoms with E-state index in [9.17, 15) is 14.3 Å². The maximum atomic E-state index is 12.8. The van der Waals surface area contributed by atoms with E-state index >= 15 is 0 Å². The lowest BCUT2D eigenvalue weighted by Crippen LogP contribution is -2.29. The standard InChI is InChI=1S/C17H18FNO2/c1-12-2-4-13(5-3-12)10-17(21)19-11-16(20)14-6-8-15(18)9-7-14/h2-9,16,20H,10-11H2,1H3,(H,19,21). The highest BCUT2D eigenvalue weighted by Gasteiger charge is 2.10. The summed E-state index contributed by atoms with van der Waals surface area (Å²) in [6.07, 6.45) is -0.566. The number of aliphatic hydroxyl groups is 1. The first kappa shape index (κ1) is 15.2. The molecule has 0 aliphatic carbocycles. The van der Waals surface area contributed by atoms with Crippen LogP contribution in [0.15, 0.2) is 48.5 Å². The number of halogens is 1. The van der Waals surface area contributed by atoms with E-state index in [1.807, 2.05) is 31.2 Å². The van der Waals surface area contributed by atoms with Crippen LogP contribution in [0.3, 0.4) is 0 Å². The summed E-state index contributed by atoms with van der Waals surface area (Å²) >= 11 is 0. The lowest BCUT2D eigenvalue weighted by Gasteiger charge is -2.12. The SMILES string of the molecule is Cc1ccc(CC(=O)NCC(O)c2ccc(F)cc2)cc1. The minimum absolute atomic E-state index is 0.107. The summed E-state index contributed by atoms with van der Waals surface area (Å²) in [6, 6.07) is 13.3. The molecule has 0 spiro atoms. The largest absolute Gasteiger partial charge is 0.387 e. The second kappa shape index (κ2) is 6.99. The van der Waals surface area contributed by atoms with Gasteiger partial charge in [0.25, 0.3) is 0 Å². The Morgan fingerprint density at radius 3 is 2.38 bits per heavy atom. The number of aliphatic hydroxyl groups excluding tert-OH is 1. The third kappa shape index (κ3) is 4.68. The van der Waals surface area contributed by atoms with Crippen LogP contribution in [-0.4, -0.2) is 17.6 Å².